The van der Waals surface area contributed by atoms with Gasteiger partial charge >= 0.3 is 5.97 Å². The first-order valence-electron chi connectivity index (χ1n) is 7.24. The zero-order chi connectivity index (χ0) is 15.4. The van der Waals surface area contributed by atoms with Crippen LogP contribution in [0.25, 0.3) is 0 Å². The number of piperidine rings is 1. The average molecular weight is 310 g/mol. The van der Waals surface area contributed by atoms with Crippen molar-refractivity contribution in [2.24, 2.45) is 5.92 Å². The van der Waals surface area contributed by atoms with Crippen LogP contribution >= 0.6 is 11.6 Å². The standard InChI is InChI=1S/C16H20ClNO3/c1-11-2-4-13(14(17)10-11)16(21)18-8-6-12(7-9-18)3-5-15(19)20/h2,4,10,12H,3,5-9H2,1H3,(H,19,20). The van der Waals surface area contributed by atoms with Gasteiger partial charge in [0.1, 0.15) is 0 Å². The number of carboxylic acids is 1. The highest BCUT2D eigenvalue weighted by Gasteiger charge is 2.25. The van der Waals surface area contributed by atoms with Gasteiger partial charge in [-0.15, -0.1) is 0 Å². The van der Waals surface area contributed by atoms with E-state index in [9.17, 15) is 9.59 Å². The summed E-state index contributed by atoms with van der Waals surface area (Å²) in [6, 6.07) is 5.46. The number of aryl methyl sites for hydroxylation is 1. The Balaban J connectivity index is 1.92. The minimum Gasteiger partial charge on any atom is -0.481 e. The molecule has 21 heavy (non-hydrogen) atoms. The van der Waals surface area contributed by atoms with Gasteiger partial charge in [-0.2, -0.15) is 0 Å². The molecule has 1 aliphatic rings. The largest absolute Gasteiger partial charge is 0.481 e. The van der Waals surface area contributed by atoms with E-state index in [0.717, 1.165) is 18.4 Å². The first-order chi connectivity index (χ1) is 9.97. The van der Waals surface area contributed by atoms with Gasteiger partial charge in [0.05, 0.1) is 10.6 Å². The first-order valence-corrected chi connectivity index (χ1v) is 7.62. The normalized spacial score (nSPS) is 16.0. The Bertz CT molecular complexity index is 536. The van der Waals surface area contributed by atoms with Crippen molar-refractivity contribution in [1.29, 1.82) is 0 Å². The number of likely N-dealkylation sites (tertiary alicyclic amines) is 1. The fourth-order valence-corrected chi connectivity index (χ4v) is 3.03. The van der Waals surface area contributed by atoms with Gasteiger partial charge < -0.3 is 10.0 Å². The number of amides is 1. The number of hydrogen-bond acceptors (Lipinski definition) is 2. The predicted molar refractivity (Wildman–Crippen MR) is 81.7 cm³/mol. The van der Waals surface area contributed by atoms with E-state index in [2.05, 4.69) is 0 Å². The third-order valence-electron chi connectivity index (χ3n) is 4.02. The van der Waals surface area contributed by atoms with E-state index in [4.69, 9.17) is 16.7 Å². The van der Waals surface area contributed by atoms with Crippen molar-refractivity contribution in [2.45, 2.75) is 32.6 Å². The predicted octanol–water partition coefficient (Wildman–Crippen LogP) is 3.37. The van der Waals surface area contributed by atoms with Gasteiger partial charge in [0.15, 0.2) is 0 Å². The lowest BCUT2D eigenvalue weighted by Gasteiger charge is -2.32. The maximum Gasteiger partial charge on any atom is 0.303 e. The number of hydrogen-bond donors (Lipinski definition) is 1. The van der Waals surface area contributed by atoms with Gasteiger partial charge in [-0.05, 0) is 49.8 Å². The van der Waals surface area contributed by atoms with Gasteiger partial charge in [0, 0.05) is 19.5 Å². The van der Waals surface area contributed by atoms with E-state index < -0.39 is 5.97 Å². The summed E-state index contributed by atoms with van der Waals surface area (Å²) in [6.07, 6.45) is 2.63. The topological polar surface area (TPSA) is 57.6 Å². The summed E-state index contributed by atoms with van der Waals surface area (Å²) in [4.78, 5) is 24.9. The van der Waals surface area contributed by atoms with Crippen molar-refractivity contribution in [3.8, 4) is 0 Å². The molecule has 0 aliphatic carbocycles. The number of benzene rings is 1. The van der Waals surface area contributed by atoms with E-state index in [-0.39, 0.29) is 12.3 Å². The molecule has 1 aromatic rings. The van der Waals surface area contributed by atoms with Crippen LogP contribution in [0.1, 0.15) is 41.6 Å². The second kappa shape index (κ2) is 6.94. The van der Waals surface area contributed by atoms with Crippen molar-refractivity contribution in [1.82, 2.24) is 4.90 Å². The molecule has 0 atom stereocenters. The van der Waals surface area contributed by atoms with Crippen LogP contribution in [0.4, 0.5) is 0 Å². The Morgan fingerprint density at radius 2 is 2.00 bits per heavy atom. The van der Waals surface area contributed by atoms with Crippen LogP contribution in [0.3, 0.4) is 0 Å². The Kier molecular flexibility index (Phi) is 5.23. The summed E-state index contributed by atoms with van der Waals surface area (Å²) in [7, 11) is 0. The van der Waals surface area contributed by atoms with Gasteiger partial charge in [-0.3, -0.25) is 9.59 Å². The van der Waals surface area contributed by atoms with Gasteiger partial charge in [0.25, 0.3) is 5.91 Å². The number of carboxylic acid groups (broad SMARTS) is 1. The SMILES string of the molecule is Cc1ccc(C(=O)N2CCC(CCC(=O)O)CC2)c(Cl)c1. The maximum absolute atomic E-state index is 12.5. The number of halogens is 1. The van der Waals surface area contributed by atoms with Crippen molar-refractivity contribution in [3.63, 3.8) is 0 Å². The van der Waals surface area contributed by atoms with E-state index in [0.29, 0.717) is 36.0 Å². The third-order valence-corrected chi connectivity index (χ3v) is 4.34. The van der Waals surface area contributed by atoms with E-state index >= 15 is 0 Å². The molecule has 1 fully saturated rings. The highest BCUT2D eigenvalue weighted by molar-refractivity contribution is 6.33. The molecule has 0 saturated carbocycles. The van der Waals surface area contributed by atoms with Gasteiger partial charge in [-0.25, -0.2) is 0 Å². The molecular formula is C16H20ClNO3. The number of aliphatic carboxylic acids is 1. The summed E-state index contributed by atoms with van der Waals surface area (Å²) < 4.78 is 0. The van der Waals surface area contributed by atoms with Crippen LogP contribution in [-0.4, -0.2) is 35.0 Å². The third kappa shape index (κ3) is 4.21. The molecule has 2 rings (SSSR count). The maximum atomic E-state index is 12.5. The van der Waals surface area contributed by atoms with Crippen LogP contribution in [0.5, 0.6) is 0 Å². The molecule has 1 aromatic carbocycles. The van der Waals surface area contributed by atoms with E-state index in [1.807, 2.05) is 17.9 Å². The summed E-state index contributed by atoms with van der Waals surface area (Å²) in [6.45, 7) is 3.29. The Hall–Kier alpha value is -1.55. The zero-order valence-corrected chi connectivity index (χ0v) is 12.9. The molecule has 0 bridgehead atoms. The van der Waals surface area contributed by atoms with E-state index in [1.54, 1.807) is 12.1 Å². The fraction of sp³-hybridized carbons (Fsp3) is 0.500. The highest BCUT2D eigenvalue weighted by Crippen LogP contribution is 2.25. The number of carbonyl (C=O) groups excluding carboxylic acids is 1. The number of carbonyl (C=O) groups is 2. The highest BCUT2D eigenvalue weighted by atomic mass is 35.5. The molecule has 4 nitrogen and oxygen atoms in total. The summed E-state index contributed by atoms with van der Waals surface area (Å²) in [5, 5.41) is 9.20. The molecule has 0 aromatic heterocycles. The molecule has 5 heteroatoms. The van der Waals surface area contributed by atoms with Crippen LogP contribution in [-0.2, 0) is 4.79 Å². The fourth-order valence-electron chi connectivity index (χ4n) is 2.72. The summed E-state index contributed by atoms with van der Waals surface area (Å²) in [5.41, 5.74) is 1.58. The molecule has 0 radical (unpaired) electrons. The average Bonchev–Trinajstić information content (AvgIpc) is 2.45. The quantitative estimate of drug-likeness (QED) is 0.927. The zero-order valence-electron chi connectivity index (χ0n) is 12.1. The van der Waals surface area contributed by atoms with Gasteiger partial charge in [-0.1, -0.05) is 17.7 Å². The first kappa shape index (κ1) is 15.8. The molecule has 1 aliphatic heterocycles. The van der Waals surface area contributed by atoms with Gasteiger partial charge in [0.2, 0.25) is 0 Å². The summed E-state index contributed by atoms with van der Waals surface area (Å²) in [5.74, 6) is -0.379. The van der Waals surface area contributed by atoms with Crippen LogP contribution in [0.15, 0.2) is 18.2 Å². The van der Waals surface area contributed by atoms with Crippen LogP contribution in [0.2, 0.25) is 5.02 Å². The molecular weight excluding hydrogens is 290 g/mol. The lowest BCUT2D eigenvalue weighted by molar-refractivity contribution is -0.137. The second-order valence-corrected chi connectivity index (χ2v) is 6.06. The smallest absolute Gasteiger partial charge is 0.303 e. The molecule has 0 unspecified atom stereocenters. The number of nitrogens with zero attached hydrogens (tertiary/aromatic N) is 1. The molecule has 114 valence electrons. The Morgan fingerprint density at radius 3 is 2.57 bits per heavy atom. The van der Waals surface area contributed by atoms with E-state index in [1.165, 1.54) is 0 Å². The lowest BCUT2D eigenvalue weighted by atomic mass is 9.92. The minimum atomic E-state index is -0.750. The number of rotatable bonds is 4. The van der Waals surface area contributed by atoms with Crippen molar-refractivity contribution < 1.29 is 14.7 Å². The van der Waals surface area contributed by atoms with Crippen molar-refractivity contribution >= 4 is 23.5 Å². The monoisotopic (exact) mass is 309 g/mol. The molecule has 1 N–H and O–H groups in total. The lowest BCUT2D eigenvalue weighted by Crippen LogP contribution is -2.38. The van der Waals surface area contributed by atoms with Crippen molar-refractivity contribution in [3.05, 3.63) is 34.3 Å². The summed E-state index contributed by atoms with van der Waals surface area (Å²) >= 11 is 6.14. The minimum absolute atomic E-state index is 0.0308. The molecule has 0 spiro atoms. The second-order valence-electron chi connectivity index (χ2n) is 5.65. The Labute approximate surface area is 129 Å². The Morgan fingerprint density at radius 1 is 1.33 bits per heavy atom. The van der Waals surface area contributed by atoms with Crippen molar-refractivity contribution in [2.75, 3.05) is 13.1 Å². The molecule has 1 amide bonds. The van der Waals surface area contributed by atoms with Crippen LogP contribution in [0, 0.1) is 12.8 Å². The van der Waals surface area contributed by atoms with Crippen LogP contribution < -0.4 is 0 Å². The molecule has 1 saturated heterocycles. The molecule has 1 heterocycles.